The lowest BCUT2D eigenvalue weighted by Gasteiger charge is -2.12. The molecule has 4 heteroatoms. The molecule has 1 atom stereocenters. The van der Waals surface area contributed by atoms with Gasteiger partial charge >= 0.3 is 0 Å². The van der Waals surface area contributed by atoms with Gasteiger partial charge in [0.2, 0.25) is 0 Å². The molecule has 0 radical (unpaired) electrons. The molecule has 1 aliphatic rings. The maximum atomic E-state index is 9.04. The molecule has 1 aromatic carbocycles. The minimum atomic E-state index is 0.196. The SMILES string of the molecule is Cc1c(CNCC2Cc3ccccc3O2)cc(C#N)n1C. The van der Waals surface area contributed by atoms with E-state index in [2.05, 4.69) is 23.5 Å². The molecule has 2 aromatic rings. The van der Waals surface area contributed by atoms with Gasteiger partial charge in [-0.05, 0) is 30.2 Å². The molecule has 0 fully saturated rings. The van der Waals surface area contributed by atoms with Crippen molar-refractivity contribution in [3.05, 3.63) is 52.8 Å². The van der Waals surface area contributed by atoms with Crippen molar-refractivity contribution in [1.82, 2.24) is 9.88 Å². The third-order valence-corrected chi connectivity index (χ3v) is 4.16. The Morgan fingerprint density at radius 3 is 2.95 bits per heavy atom. The van der Waals surface area contributed by atoms with E-state index < -0.39 is 0 Å². The van der Waals surface area contributed by atoms with Crippen molar-refractivity contribution in [2.24, 2.45) is 7.05 Å². The molecule has 0 aliphatic carbocycles. The van der Waals surface area contributed by atoms with E-state index in [1.54, 1.807) is 0 Å². The highest BCUT2D eigenvalue weighted by molar-refractivity contribution is 5.37. The summed E-state index contributed by atoms with van der Waals surface area (Å²) in [6.45, 7) is 3.61. The summed E-state index contributed by atoms with van der Waals surface area (Å²) in [5.74, 6) is 1.01. The largest absolute Gasteiger partial charge is 0.488 e. The van der Waals surface area contributed by atoms with Gasteiger partial charge in [-0.15, -0.1) is 0 Å². The fourth-order valence-electron chi connectivity index (χ4n) is 2.78. The van der Waals surface area contributed by atoms with E-state index in [-0.39, 0.29) is 6.10 Å². The zero-order valence-electron chi connectivity index (χ0n) is 12.4. The van der Waals surface area contributed by atoms with Crippen molar-refractivity contribution in [2.45, 2.75) is 26.0 Å². The van der Waals surface area contributed by atoms with Crippen LogP contribution in [0, 0.1) is 18.3 Å². The van der Waals surface area contributed by atoms with E-state index in [1.807, 2.05) is 36.7 Å². The number of rotatable bonds is 4. The van der Waals surface area contributed by atoms with Gasteiger partial charge < -0.3 is 14.6 Å². The van der Waals surface area contributed by atoms with E-state index in [0.717, 1.165) is 31.0 Å². The molecule has 3 rings (SSSR count). The Kier molecular flexibility index (Phi) is 3.68. The van der Waals surface area contributed by atoms with Gasteiger partial charge in [-0.2, -0.15) is 5.26 Å². The summed E-state index contributed by atoms with van der Waals surface area (Å²) in [7, 11) is 1.92. The van der Waals surface area contributed by atoms with Gasteiger partial charge in [0.15, 0.2) is 0 Å². The highest BCUT2D eigenvalue weighted by Gasteiger charge is 2.21. The Morgan fingerprint density at radius 2 is 2.24 bits per heavy atom. The summed E-state index contributed by atoms with van der Waals surface area (Å²) in [4.78, 5) is 0. The average Bonchev–Trinajstić information content (AvgIpc) is 3.02. The first-order valence-electron chi connectivity index (χ1n) is 7.19. The van der Waals surface area contributed by atoms with Crippen LogP contribution < -0.4 is 10.1 Å². The number of para-hydroxylation sites is 1. The zero-order chi connectivity index (χ0) is 14.8. The Bertz CT molecular complexity index is 672. The van der Waals surface area contributed by atoms with Gasteiger partial charge in [0, 0.05) is 32.3 Å². The van der Waals surface area contributed by atoms with Crippen LogP contribution in [0.25, 0.3) is 0 Å². The number of nitriles is 1. The van der Waals surface area contributed by atoms with Crippen LogP contribution in [-0.2, 0) is 20.0 Å². The number of aromatic nitrogens is 1. The molecule has 0 saturated carbocycles. The molecule has 4 nitrogen and oxygen atoms in total. The van der Waals surface area contributed by atoms with Gasteiger partial charge in [0.25, 0.3) is 0 Å². The van der Waals surface area contributed by atoms with Crippen LogP contribution in [0.4, 0.5) is 0 Å². The molecule has 0 spiro atoms. The average molecular weight is 281 g/mol. The number of benzene rings is 1. The first kappa shape index (κ1) is 13.7. The van der Waals surface area contributed by atoms with Crippen molar-refractivity contribution in [3.8, 4) is 11.8 Å². The molecule has 0 amide bonds. The summed E-state index contributed by atoms with van der Waals surface area (Å²) in [5.41, 5.74) is 4.29. The molecule has 1 N–H and O–H groups in total. The minimum absolute atomic E-state index is 0.196. The molecule has 0 bridgehead atoms. The van der Waals surface area contributed by atoms with Gasteiger partial charge in [0.1, 0.15) is 23.6 Å². The Balaban J connectivity index is 1.55. The first-order valence-corrected chi connectivity index (χ1v) is 7.19. The van der Waals surface area contributed by atoms with Gasteiger partial charge in [0.05, 0.1) is 0 Å². The highest BCUT2D eigenvalue weighted by Crippen LogP contribution is 2.27. The topological polar surface area (TPSA) is 50.0 Å². The van der Waals surface area contributed by atoms with E-state index >= 15 is 0 Å². The number of nitrogens with zero attached hydrogens (tertiary/aromatic N) is 2. The van der Waals surface area contributed by atoms with Gasteiger partial charge in [-0.1, -0.05) is 18.2 Å². The maximum Gasteiger partial charge on any atom is 0.123 e. The van der Waals surface area contributed by atoms with Crippen molar-refractivity contribution in [2.75, 3.05) is 6.54 Å². The predicted molar refractivity (Wildman–Crippen MR) is 81.1 cm³/mol. The molecule has 21 heavy (non-hydrogen) atoms. The number of hydrogen-bond acceptors (Lipinski definition) is 3. The summed E-state index contributed by atoms with van der Waals surface area (Å²) >= 11 is 0. The standard InChI is InChI=1S/C17H19N3O/c1-12-14(7-15(9-18)20(12)2)10-19-11-16-8-13-5-3-4-6-17(13)21-16/h3-7,16,19H,8,10-11H2,1-2H3. The number of fused-ring (bicyclic) bond motifs is 1. The van der Waals surface area contributed by atoms with E-state index in [1.165, 1.54) is 11.1 Å². The Morgan fingerprint density at radius 1 is 1.43 bits per heavy atom. The maximum absolute atomic E-state index is 9.04. The van der Waals surface area contributed by atoms with Crippen LogP contribution in [-0.4, -0.2) is 17.2 Å². The van der Waals surface area contributed by atoms with E-state index in [9.17, 15) is 0 Å². The van der Waals surface area contributed by atoms with Crippen molar-refractivity contribution in [1.29, 1.82) is 5.26 Å². The summed E-state index contributed by atoms with van der Waals surface area (Å²) < 4.78 is 7.83. The lowest BCUT2D eigenvalue weighted by atomic mass is 10.1. The molecular weight excluding hydrogens is 262 g/mol. The van der Waals surface area contributed by atoms with Crippen LogP contribution in [0.1, 0.15) is 22.5 Å². The van der Waals surface area contributed by atoms with Crippen molar-refractivity contribution >= 4 is 0 Å². The third-order valence-electron chi connectivity index (χ3n) is 4.16. The third kappa shape index (κ3) is 2.65. The first-order chi connectivity index (χ1) is 10.2. The van der Waals surface area contributed by atoms with Crippen LogP contribution in [0.3, 0.4) is 0 Å². The Hall–Kier alpha value is -2.25. The van der Waals surface area contributed by atoms with Crippen LogP contribution in [0.2, 0.25) is 0 Å². The van der Waals surface area contributed by atoms with Gasteiger partial charge in [-0.3, -0.25) is 0 Å². The quantitative estimate of drug-likeness (QED) is 0.935. The fourth-order valence-corrected chi connectivity index (χ4v) is 2.78. The second kappa shape index (κ2) is 5.63. The van der Waals surface area contributed by atoms with E-state index in [4.69, 9.17) is 10.00 Å². The highest BCUT2D eigenvalue weighted by atomic mass is 16.5. The minimum Gasteiger partial charge on any atom is -0.488 e. The number of nitrogens with one attached hydrogen (secondary N) is 1. The molecule has 1 aliphatic heterocycles. The van der Waals surface area contributed by atoms with Crippen LogP contribution >= 0.6 is 0 Å². The van der Waals surface area contributed by atoms with Crippen molar-refractivity contribution in [3.63, 3.8) is 0 Å². The molecule has 108 valence electrons. The lowest BCUT2D eigenvalue weighted by molar-refractivity contribution is 0.227. The lowest BCUT2D eigenvalue weighted by Crippen LogP contribution is -2.29. The van der Waals surface area contributed by atoms with E-state index in [0.29, 0.717) is 5.69 Å². The normalized spacial score (nSPS) is 16.3. The number of hydrogen-bond donors (Lipinski definition) is 1. The van der Waals surface area contributed by atoms with Crippen LogP contribution in [0.5, 0.6) is 5.75 Å². The Labute approximate surface area is 125 Å². The molecule has 1 aromatic heterocycles. The molecule has 2 heterocycles. The second-order valence-corrected chi connectivity index (χ2v) is 5.49. The number of ether oxygens (including phenoxy) is 1. The van der Waals surface area contributed by atoms with Crippen LogP contribution in [0.15, 0.2) is 30.3 Å². The molecule has 0 saturated heterocycles. The molecule has 1 unspecified atom stereocenters. The predicted octanol–water partition coefficient (Wildman–Crippen LogP) is 2.30. The zero-order valence-corrected chi connectivity index (χ0v) is 12.4. The second-order valence-electron chi connectivity index (χ2n) is 5.49. The van der Waals surface area contributed by atoms with Crippen molar-refractivity contribution < 1.29 is 4.74 Å². The monoisotopic (exact) mass is 281 g/mol. The van der Waals surface area contributed by atoms with Gasteiger partial charge in [-0.25, -0.2) is 0 Å². The smallest absolute Gasteiger partial charge is 0.123 e. The summed E-state index contributed by atoms with van der Waals surface area (Å²) in [6, 6.07) is 12.4. The summed E-state index contributed by atoms with van der Waals surface area (Å²) in [5, 5.41) is 12.5. The fraction of sp³-hybridized carbons (Fsp3) is 0.353. The molecular formula is C17H19N3O. The summed E-state index contributed by atoms with van der Waals surface area (Å²) in [6.07, 6.45) is 1.15.